The standard InChI is InChI=1S/C28H28N4O5/c1-28(36-4)24(34-2)15-20(16-25(28)35-3)23(17-26(33)37-21-10-6-5-7-11-21)32-27-30-14-12-22(31-27)19-9-8-13-29-18-19/h5-18,24H,1-4H3,(H,30,31,32)/b23-17+/t24-,28-/m0/s1. The van der Waals surface area contributed by atoms with Gasteiger partial charge in [0.2, 0.25) is 5.95 Å². The molecule has 0 saturated heterocycles. The van der Waals surface area contributed by atoms with E-state index < -0.39 is 17.7 Å². The average Bonchev–Trinajstić information content (AvgIpc) is 2.94. The highest BCUT2D eigenvalue weighted by molar-refractivity contribution is 5.86. The number of aromatic nitrogens is 3. The van der Waals surface area contributed by atoms with Gasteiger partial charge in [-0.3, -0.25) is 4.98 Å². The molecular weight excluding hydrogens is 472 g/mol. The summed E-state index contributed by atoms with van der Waals surface area (Å²) in [6, 6.07) is 14.3. The highest BCUT2D eigenvalue weighted by Gasteiger charge is 2.42. The highest BCUT2D eigenvalue weighted by Crippen LogP contribution is 2.35. The van der Waals surface area contributed by atoms with Crippen molar-refractivity contribution in [2.75, 3.05) is 26.6 Å². The van der Waals surface area contributed by atoms with Crippen LogP contribution in [0.25, 0.3) is 11.3 Å². The van der Waals surface area contributed by atoms with E-state index in [0.29, 0.717) is 28.5 Å². The number of para-hydroxylation sites is 1. The number of nitrogens with zero attached hydrogens (tertiary/aromatic N) is 3. The molecule has 2 atom stereocenters. The first-order chi connectivity index (χ1) is 18.0. The monoisotopic (exact) mass is 500 g/mol. The molecule has 2 aromatic heterocycles. The van der Waals surface area contributed by atoms with Crippen LogP contribution in [0.2, 0.25) is 0 Å². The largest absolute Gasteiger partial charge is 0.498 e. The first kappa shape index (κ1) is 25.7. The molecule has 0 fully saturated rings. The van der Waals surface area contributed by atoms with Crippen LogP contribution in [0.15, 0.2) is 102 Å². The summed E-state index contributed by atoms with van der Waals surface area (Å²) in [5.74, 6) is 0.640. The first-order valence-corrected chi connectivity index (χ1v) is 11.5. The number of rotatable bonds is 9. The van der Waals surface area contributed by atoms with Crippen molar-refractivity contribution in [2.45, 2.75) is 18.6 Å². The zero-order valence-corrected chi connectivity index (χ0v) is 21.0. The number of hydrogen-bond donors (Lipinski definition) is 1. The predicted octanol–water partition coefficient (Wildman–Crippen LogP) is 4.33. The zero-order chi connectivity index (χ0) is 26.3. The molecule has 0 saturated carbocycles. The molecular formula is C28H28N4O5. The quantitative estimate of drug-likeness (QED) is 0.261. The van der Waals surface area contributed by atoms with Gasteiger partial charge in [-0.15, -0.1) is 0 Å². The summed E-state index contributed by atoms with van der Waals surface area (Å²) in [5, 5.41) is 3.16. The summed E-state index contributed by atoms with van der Waals surface area (Å²) >= 11 is 0. The molecule has 1 N–H and O–H groups in total. The molecule has 9 nitrogen and oxygen atoms in total. The van der Waals surface area contributed by atoms with Crippen LogP contribution in [0.3, 0.4) is 0 Å². The molecule has 0 bridgehead atoms. The van der Waals surface area contributed by atoms with E-state index in [1.165, 1.54) is 6.08 Å². The van der Waals surface area contributed by atoms with Crippen molar-refractivity contribution < 1.29 is 23.7 Å². The molecule has 1 aliphatic carbocycles. The molecule has 4 rings (SSSR count). The fourth-order valence-electron chi connectivity index (χ4n) is 3.89. The predicted molar refractivity (Wildman–Crippen MR) is 138 cm³/mol. The van der Waals surface area contributed by atoms with Gasteiger partial charge in [0.25, 0.3) is 0 Å². The maximum Gasteiger partial charge on any atom is 0.338 e. The Hall–Kier alpha value is -4.34. The van der Waals surface area contributed by atoms with E-state index in [4.69, 9.17) is 18.9 Å². The fourth-order valence-corrected chi connectivity index (χ4v) is 3.89. The van der Waals surface area contributed by atoms with Gasteiger partial charge in [-0.05, 0) is 49.4 Å². The molecule has 2 heterocycles. The smallest absolute Gasteiger partial charge is 0.338 e. The molecule has 3 aromatic rings. The van der Waals surface area contributed by atoms with Gasteiger partial charge in [-0.2, -0.15) is 0 Å². The lowest BCUT2D eigenvalue weighted by molar-refractivity contribution is -0.129. The van der Waals surface area contributed by atoms with Gasteiger partial charge in [-0.1, -0.05) is 18.2 Å². The molecule has 0 amide bonds. The van der Waals surface area contributed by atoms with Gasteiger partial charge in [0, 0.05) is 50.0 Å². The van der Waals surface area contributed by atoms with Crippen LogP contribution >= 0.6 is 0 Å². The van der Waals surface area contributed by atoms with Crippen molar-refractivity contribution in [3.05, 3.63) is 102 Å². The first-order valence-electron chi connectivity index (χ1n) is 11.5. The van der Waals surface area contributed by atoms with Crippen LogP contribution in [-0.2, 0) is 19.0 Å². The maximum atomic E-state index is 12.9. The summed E-state index contributed by atoms with van der Waals surface area (Å²) in [7, 11) is 4.72. The number of carbonyl (C=O) groups excluding carboxylic acids is 1. The Bertz CT molecular complexity index is 1320. The third-order valence-electron chi connectivity index (χ3n) is 5.94. The van der Waals surface area contributed by atoms with E-state index in [-0.39, 0.29) is 5.95 Å². The second-order valence-electron chi connectivity index (χ2n) is 8.23. The molecule has 0 radical (unpaired) electrons. The third-order valence-corrected chi connectivity index (χ3v) is 5.94. The van der Waals surface area contributed by atoms with E-state index in [2.05, 4.69) is 20.3 Å². The Kier molecular flexibility index (Phi) is 8.07. The number of esters is 1. The highest BCUT2D eigenvalue weighted by atomic mass is 16.6. The summed E-state index contributed by atoms with van der Waals surface area (Å²) in [6.45, 7) is 1.87. The van der Waals surface area contributed by atoms with Crippen molar-refractivity contribution in [3.8, 4) is 17.0 Å². The number of hydrogen-bond acceptors (Lipinski definition) is 9. The van der Waals surface area contributed by atoms with Gasteiger partial charge >= 0.3 is 5.97 Å². The minimum absolute atomic E-state index is 0.280. The molecule has 1 aliphatic rings. The van der Waals surface area contributed by atoms with Crippen LogP contribution in [-0.4, -0.2) is 54.0 Å². The molecule has 190 valence electrons. The normalized spacial score (nSPS) is 19.5. The third kappa shape index (κ3) is 5.91. The van der Waals surface area contributed by atoms with Crippen LogP contribution in [0.1, 0.15) is 6.92 Å². The number of anilines is 1. The minimum Gasteiger partial charge on any atom is -0.498 e. The Morgan fingerprint density at radius 1 is 1.05 bits per heavy atom. The lowest BCUT2D eigenvalue weighted by Crippen LogP contribution is -2.45. The van der Waals surface area contributed by atoms with Crippen molar-refractivity contribution in [3.63, 3.8) is 0 Å². The Morgan fingerprint density at radius 2 is 1.86 bits per heavy atom. The second kappa shape index (κ2) is 11.6. The number of carbonyl (C=O) groups is 1. The summed E-state index contributed by atoms with van der Waals surface area (Å²) in [4.78, 5) is 26.0. The van der Waals surface area contributed by atoms with Crippen molar-refractivity contribution in [1.29, 1.82) is 0 Å². The van der Waals surface area contributed by atoms with Crippen LogP contribution in [0, 0.1) is 0 Å². The van der Waals surface area contributed by atoms with Gasteiger partial charge in [0.05, 0.1) is 18.5 Å². The fraction of sp³-hybridized carbons (Fsp3) is 0.214. The number of pyridine rings is 1. The van der Waals surface area contributed by atoms with E-state index in [1.54, 1.807) is 76.3 Å². The van der Waals surface area contributed by atoms with Crippen LogP contribution in [0.5, 0.6) is 5.75 Å². The van der Waals surface area contributed by atoms with E-state index >= 15 is 0 Å². The average molecular weight is 501 g/mol. The minimum atomic E-state index is -0.862. The van der Waals surface area contributed by atoms with Gasteiger partial charge in [-0.25, -0.2) is 14.8 Å². The van der Waals surface area contributed by atoms with E-state index in [1.807, 2.05) is 31.2 Å². The van der Waals surface area contributed by atoms with Crippen molar-refractivity contribution in [2.24, 2.45) is 0 Å². The second-order valence-corrected chi connectivity index (χ2v) is 8.23. The van der Waals surface area contributed by atoms with Gasteiger partial charge < -0.3 is 24.3 Å². The topological polar surface area (TPSA) is 105 Å². The number of benzene rings is 1. The van der Waals surface area contributed by atoms with Crippen LogP contribution in [0.4, 0.5) is 5.95 Å². The molecule has 9 heteroatoms. The van der Waals surface area contributed by atoms with E-state index in [9.17, 15) is 4.79 Å². The Balaban J connectivity index is 1.73. The Morgan fingerprint density at radius 3 is 2.54 bits per heavy atom. The zero-order valence-electron chi connectivity index (χ0n) is 21.0. The molecule has 37 heavy (non-hydrogen) atoms. The lowest BCUT2D eigenvalue weighted by Gasteiger charge is -2.38. The van der Waals surface area contributed by atoms with Crippen molar-refractivity contribution in [1.82, 2.24) is 15.0 Å². The van der Waals surface area contributed by atoms with Gasteiger partial charge in [0.1, 0.15) is 17.6 Å². The molecule has 0 aliphatic heterocycles. The number of allylic oxidation sites excluding steroid dienone is 1. The SMILES string of the molecule is COC1=CC(/C(=C\C(=O)Oc2ccccc2)Nc2nccc(-c3cccnc3)n2)=C[C@H](OC)[C@]1(C)OC. The summed E-state index contributed by atoms with van der Waals surface area (Å²) in [5.41, 5.74) is 1.64. The summed E-state index contributed by atoms with van der Waals surface area (Å²) in [6.07, 6.45) is 9.48. The maximum absolute atomic E-state index is 12.9. The summed E-state index contributed by atoms with van der Waals surface area (Å²) < 4.78 is 22.6. The number of ether oxygens (including phenoxy) is 4. The molecule has 1 aromatic carbocycles. The van der Waals surface area contributed by atoms with Crippen molar-refractivity contribution >= 4 is 11.9 Å². The Labute approximate surface area is 215 Å². The number of nitrogens with one attached hydrogen (secondary N) is 1. The molecule has 0 spiro atoms. The lowest BCUT2D eigenvalue weighted by atomic mass is 9.87. The van der Waals surface area contributed by atoms with Gasteiger partial charge in [0.15, 0.2) is 5.60 Å². The van der Waals surface area contributed by atoms with E-state index in [0.717, 1.165) is 5.56 Å². The number of methoxy groups -OCH3 is 3. The molecule has 0 unspecified atom stereocenters. The van der Waals surface area contributed by atoms with Crippen LogP contribution < -0.4 is 10.1 Å².